The molecule has 0 aliphatic carbocycles. The van der Waals surface area contributed by atoms with E-state index in [1.807, 2.05) is 36.5 Å². The fourth-order valence-electron chi connectivity index (χ4n) is 4.06. The first kappa shape index (κ1) is 19.8. The Balaban J connectivity index is 1.28. The van der Waals surface area contributed by atoms with Crippen molar-refractivity contribution >= 4 is 39.1 Å². The number of hydrogen-bond acceptors (Lipinski definition) is 4. The third-order valence-electron chi connectivity index (χ3n) is 5.60. The first-order chi connectivity index (χ1) is 15.1. The zero-order chi connectivity index (χ0) is 21.4. The largest absolute Gasteiger partial charge is 0.482 e. The normalized spacial score (nSPS) is 15.1. The lowest BCUT2D eigenvalue weighted by molar-refractivity contribution is -0.123. The summed E-state index contributed by atoms with van der Waals surface area (Å²) in [6, 6.07) is 13.0. The fraction of sp³-hybridized carbons (Fsp3) is 0.261. The zero-order valence-electron chi connectivity index (χ0n) is 16.8. The van der Waals surface area contributed by atoms with Gasteiger partial charge in [-0.1, -0.05) is 15.9 Å². The van der Waals surface area contributed by atoms with Crippen LogP contribution in [0.25, 0.3) is 11.4 Å². The van der Waals surface area contributed by atoms with Gasteiger partial charge in [0.15, 0.2) is 6.61 Å². The molecule has 1 aromatic heterocycles. The van der Waals surface area contributed by atoms with Crippen molar-refractivity contribution in [2.45, 2.75) is 25.8 Å². The van der Waals surface area contributed by atoms with Gasteiger partial charge in [0.1, 0.15) is 18.1 Å². The summed E-state index contributed by atoms with van der Waals surface area (Å²) in [5.74, 6) is 1.03. The van der Waals surface area contributed by atoms with E-state index in [2.05, 4.69) is 30.8 Å². The first-order valence-corrected chi connectivity index (χ1v) is 11.1. The minimum Gasteiger partial charge on any atom is -0.482 e. The molecule has 3 heterocycles. The maximum Gasteiger partial charge on any atom is 0.265 e. The van der Waals surface area contributed by atoms with E-state index < -0.39 is 0 Å². The second kappa shape index (κ2) is 8.19. The summed E-state index contributed by atoms with van der Waals surface area (Å²) >= 11 is 3.39. The SMILES string of the molecule is O=C(CN1C(=O)COc2cc(Br)ccc21)Nc1ccc(-c2ncc3n2CCCC3)cc1. The molecule has 0 fully saturated rings. The molecule has 158 valence electrons. The number of amides is 2. The number of hydrogen-bond donors (Lipinski definition) is 1. The lowest BCUT2D eigenvalue weighted by Gasteiger charge is -2.29. The second-order valence-corrected chi connectivity index (χ2v) is 8.60. The minimum atomic E-state index is -0.268. The molecule has 5 rings (SSSR count). The van der Waals surface area contributed by atoms with Crippen molar-refractivity contribution in [3.63, 3.8) is 0 Å². The molecule has 7 nitrogen and oxygen atoms in total. The minimum absolute atomic E-state index is 0.0770. The Morgan fingerprint density at radius 2 is 2.00 bits per heavy atom. The molecule has 0 radical (unpaired) electrons. The van der Waals surface area contributed by atoms with Crippen LogP contribution < -0.4 is 15.0 Å². The predicted molar refractivity (Wildman–Crippen MR) is 121 cm³/mol. The molecule has 2 aromatic carbocycles. The van der Waals surface area contributed by atoms with Crippen LogP contribution in [0.1, 0.15) is 18.5 Å². The van der Waals surface area contributed by atoms with Crippen LogP contribution in [0.15, 0.2) is 53.1 Å². The lowest BCUT2D eigenvalue weighted by atomic mass is 10.1. The Bertz CT molecular complexity index is 1160. The van der Waals surface area contributed by atoms with Crippen LogP contribution in [0.5, 0.6) is 5.75 Å². The topological polar surface area (TPSA) is 76.5 Å². The Morgan fingerprint density at radius 1 is 1.16 bits per heavy atom. The number of aryl methyl sites for hydroxylation is 1. The van der Waals surface area contributed by atoms with Gasteiger partial charge in [0.05, 0.1) is 5.69 Å². The predicted octanol–water partition coefficient (Wildman–Crippen LogP) is 4.01. The van der Waals surface area contributed by atoms with Crippen LogP contribution in [-0.4, -0.2) is 34.5 Å². The third-order valence-corrected chi connectivity index (χ3v) is 6.09. The highest BCUT2D eigenvalue weighted by Crippen LogP contribution is 2.34. The van der Waals surface area contributed by atoms with Crippen molar-refractivity contribution in [2.24, 2.45) is 0 Å². The number of carbonyl (C=O) groups excluding carboxylic acids is 2. The quantitative estimate of drug-likeness (QED) is 0.611. The highest BCUT2D eigenvalue weighted by Gasteiger charge is 2.27. The molecule has 0 spiro atoms. The molecule has 31 heavy (non-hydrogen) atoms. The number of benzene rings is 2. The standard InChI is InChI=1S/C23H21BrN4O3/c24-16-6-9-19-20(11-16)31-14-22(30)28(19)13-21(29)26-17-7-4-15(5-8-17)23-25-12-18-3-1-2-10-27(18)23/h4-9,11-12H,1-3,10,13-14H2,(H,26,29). The van der Waals surface area contributed by atoms with Gasteiger partial charge in [0, 0.05) is 34.2 Å². The molecule has 2 aliphatic heterocycles. The lowest BCUT2D eigenvalue weighted by Crippen LogP contribution is -2.43. The molecule has 0 bridgehead atoms. The molecule has 3 aromatic rings. The van der Waals surface area contributed by atoms with Crippen molar-refractivity contribution in [1.82, 2.24) is 9.55 Å². The number of imidazole rings is 1. The first-order valence-electron chi connectivity index (χ1n) is 10.3. The average molecular weight is 481 g/mol. The summed E-state index contributed by atoms with van der Waals surface area (Å²) < 4.78 is 8.60. The summed E-state index contributed by atoms with van der Waals surface area (Å²) in [6.07, 6.45) is 5.41. The van der Waals surface area contributed by atoms with Crippen molar-refractivity contribution in [2.75, 3.05) is 23.4 Å². The number of carbonyl (C=O) groups is 2. The van der Waals surface area contributed by atoms with Crippen molar-refractivity contribution in [3.05, 3.63) is 58.8 Å². The Kier molecular flexibility index (Phi) is 5.23. The van der Waals surface area contributed by atoms with Crippen molar-refractivity contribution in [3.8, 4) is 17.1 Å². The summed E-state index contributed by atoms with van der Waals surface area (Å²) in [6.45, 7) is 0.835. The van der Waals surface area contributed by atoms with Gasteiger partial charge < -0.3 is 14.6 Å². The molecule has 2 amide bonds. The number of halogens is 1. The molecular weight excluding hydrogens is 460 g/mol. The fourth-order valence-corrected chi connectivity index (χ4v) is 4.40. The zero-order valence-corrected chi connectivity index (χ0v) is 18.4. The van der Waals surface area contributed by atoms with Gasteiger partial charge in [-0.15, -0.1) is 0 Å². The monoisotopic (exact) mass is 480 g/mol. The Morgan fingerprint density at radius 3 is 2.84 bits per heavy atom. The summed E-state index contributed by atoms with van der Waals surface area (Å²) in [5.41, 5.74) is 3.57. The van der Waals surface area contributed by atoms with E-state index in [1.165, 1.54) is 23.4 Å². The van der Waals surface area contributed by atoms with E-state index in [4.69, 9.17) is 4.74 Å². The molecule has 0 saturated carbocycles. The highest BCUT2D eigenvalue weighted by molar-refractivity contribution is 9.10. The Hall–Kier alpha value is -3.13. The van der Waals surface area contributed by atoms with E-state index in [1.54, 1.807) is 12.1 Å². The van der Waals surface area contributed by atoms with Gasteiger partial charge in [-0.25, -0.2) is 4.98 Å². The van der Waals surface area contributed by atoms with Crippen LogP contribution in [-0.2, 0) is 22.6 Å². The van der Waals surface area contributed by atoms with Crippen LogP contribution in [0.2, 0.25) is 0 Å². The molecule has 0 atom stereocenters. The number of rotatable bonds is 4. The number of fused-ring (bicyclic) bond motifs is 2. The number of anilines is 2. The number of nitrogens with one attached hydrogen (secondary N) is 1. The van der Waals surface area contributed by atoms with E-state index in [0.717, 1.165) is 28.8 Å². The number of ether oxygens (including phenoxy) is 1. The van der Waals surface area contributed by atoms with Gasteiger partial charge in [-0.3, -0.25) is 14.5 Å². The summed E-state index contributed by atoms with van der Waals surface area (Å²) in [7, 11) is 0. The van der Waals surface area contributed by atoms with Crippen molar-refractivity contribution in [1.29, 1.82) is 0 Å². The summed E-state index contributed by atoms with van der Waals surface area (Å²) in [4.78, 5) is 31.0. The maximum absolute atomic E-state index is 12.6. The van der Waals surface area contributed by atoms with Crippen LogP contribution in [0.4, 0.5) is 11.4 Å². The van der Waals surface area contributed by atoms with Gasteiger partial charge in [0.2, 0.25) is 5.91 Å². The van der Waals surface area contributed by atoms with E-state index >= 15 is 0 Å². The molecule has 1 N–H and O–H groups in total. The number of aromatic nitrogens is 2. The molecule has 2 aliphatic rings. The van der Waals surface area contributed by atoms with Crippen LogP contribution >= 0.6 is 15.9 Å². The van der Waals surface area contributed by atoms with E-state index in [0.29, 0.717) is 17.1 Å². The third kappa shape index (κ3) is 3.95. The molecule has 8 heteroatoms. The van der Waals surface area contributed by atoms with Crippen LogP contribution in [0, 0.1) is 0 Å². The van der Waals surface area contributed by atoms with Gasteiger partial charge in [-0.2, -0.15) is 0 Å². The average Bonchev–Trinajstić information content (AvgIpc) is 3.20. The summed E-state index contributed by atoms with van der Waals surface area (Å²) in [5, 5.41) is 2.88. The van der Waals surface area contributed by atoms with Gasteiger partial charge in [0.25, 0.3) is 5.91 Å². The van der Waals surface area contributed by atoms with Crippen LogP contribution in [0.3, 0.4) is 0 Å². The molecular formula is C23H21BrN4O3. The Labute approximate surface area is 188 Å². The molecule has 0 unspecified atom stereocenters. The van der Waals surface area contributed by atoms with Gasteiger partial charge in [-0.05, 0) is 61.7 Å². The maximum atomic E-state index is 12.6. The van der Waals surface area contributed by atoms with Gasteiger partial charge >= 0.3 is 0 Å². The van der Waals surface area contributed by atoms with E-state index in [9.17, 15) is 9.59 Å². The van der Waals surface area contributed by atoms with E-state index in [-0.39, 0.29) is 25.0 Å². The smallest absolute Gasteiger partial charge is 0.265 e. The second-order valence-electron chi connectivity index (χ2n) is 7.69. The highest BCUT2D eigenvalue weighted by atomic mass is 79.9. The molecule has 0 saturated heterocycles. The number of nitrogens with zero attached hydrogens (tertiary/aromatic N) is 3. The van der Waals surface area contributed by atoms with Crippen molar-refractivity contribution < 1.29 is 14.3 Å².